The normalized spacial score (nSPS) is 25.1. The van der Waals surface area contributed by atoms with E-state index in [4.69, 9.17) is 0 Å². The van der Waals surface area contributed by atoms with Crippen molar-refractivity contribution in [3.8, 4) is 0 Å². The molecule has 1 aromatic rings. The Morgan fingerprint density at radius 3 is 2.89 bits per heavy atom. The molecule has 5 nitrogen and oxygen atoms in total. The van der Waals surface area contributed by atoms with Gasteiger partial charge in [0.2, 0.25) is 5.91 Å². The van der Waals surface area contributed by atoms with Gasteiger partial charge in [0.1, 0.15) is 0 Å². The number of amides is 1. The molecule has 0 radical (unpaired) electrons. The van der Waals surface area contributed by atoms with E-state index >= 15 is 0 Å². The van der Waals surface area contributed by atoms with Crippen molar-refractivity contribution < 1.29 is 4.79 Å². The molecule has 1 aromatic heterocycles. The van der Waals surface area contributed by atoms with Crippen molar-refractivity contribution in [3.63, 3.8) is 0 Å². The summed E-state index contributed by atoms with van der Waals surface area (Å²) in [5, 5.41) is 10.5. The van der Waals surface area contributed by atoms with Crippen LogP contribution in [0, 0.1) is 12.8 Å². The molecular weight excluding hydrogens is 228 g/mol. The molecule has 1 aliphatic heterocycles. The van der Waals surface area contributed by atoms with Gasteiger partial charge in [0.15, 0.2) is 0 Å². The Morgan fingerprint density at radius 1 is 1.67 bits per heavy atom. The molecule has 2 N–H and O–H groups in total. The quantitative estimate of drug-likeness (QED) is 0.838. The van der Waals surface area contributed by atoms with Gasteiger partial charge in [0.05, 0.1) is 18.3 Å². The molecule has 3 atom stereocenters. The molecule has 3 unspecified atom stereocenters. The summed E-state index contributed by atoms with van der Waals surface area (Å²) >= 11 is 0. The van der Waals surface area contributed by atoms with Gasteiger partial charge in [-0.1, -0.05) is 6.92 Å². The Morgan fingerprint density at radius 2 is 2.39 bits per heavy atom. The van der Waals surface area contributed by atoms with E-state index in [1.807, 2.05) is 31.8 Å². The first-order chi connectivity index (χ1) is 8.50. The van der Waals surface area contributed by atoms with Gasteiger partial charge in [-0.2, -0.15) is 5.10 Å². The maximum absolute atomic E-state index is 12.2. The second-order valence-electron chi connectivity index (χ2n) is 5.24. The lowest BCUT2D eigenvalue weighted by atomic mass is 10.0. The zero-order valence-electron chi connectivity index (χ0n) is 11.5. The smallest absolute Gasteiger partial charge is 0.237 e. The molecule has 1 amide bonds. The largest absolute Gasteiger partial charge is 0.348 e. The highest BCUT2D eigenvalue weighted by molar-refractivity contribution is 5.82. The van der Waals surface area contributed by atoms with Crippen LogP contribution in [0.25, 0.3) is 0 Å². The van der Waals surface area contributed by atoms with Crippen LogP contribution in [0.5, 0.6) is 0 Å². The van der Waals surface area contributed by atoms with Crippen LogP contribution in [-0.2, 0) is 11.8 Å². The fourth-order valence-corrected chi connectivity index (χ4v) is 2.51. The van der Waals surface area contributed by atoms with Crippen LogP contribution in [0.2, 0.25) is 0 Å². The number of carbonyl (C=O) groups excluding carboxylic acids is 1. The molecule has 0 saturated carbocycles. The van der Waals surface area contributed by atoms with Gasteiger partial charge < -0.3 is 10.6 Å². The fourth-order valence-electron chi connectivity index (χ4n) is 2.51. The number of aryl methyl sites for hydroxylation is 1. The van der Waals surface area contributed by atoms with Gasteiger partial charge in [0.25, 0.3) is 0 Å². The molecule has 1 saturated heterocycles. The lowest BCUT2D eigenvalue weighted by Gasteiger charge is -2.19. The number of rotatable bonds is 3. The topological polar surface area (TPSA) is 59.0 Å². The standard InChI is InChI=1S/C13H22N4O/c1-8-5-6-14-12(8)13(18)16-9(2)11-7-15-17(4)10(11)3/h7-9,12,14H,5-6H2,1-4H3,(H,16,18). The molecule has 0 spiro atoms. The highest BCUT2D eigenvalue weighted by Crippen LogP contribution is 2.19. The van der Waals surface area contributed by atoms with Crippen molar-refractivity contribution in [1.82, 2.24) is 20.4 Å². The summed E-state index contributed by atoms with van der Waals surface area (Å²) in [6, 6.07) is -0.0507. The maximum atomic E-state index is 12.2. The van der Waals surface area contributed by atoms with E-state index in [1.165, 1.54) is 0 Å². The average Bonchev–Trinajstić information content (AvgIpc) is 2.87. The molecule has 18 heavy (non-hydrogen) atoms. The number of nitrogens with one attached hydrogen (secondary N) is 2. The van der Waals surface area contributed by atoms with E-state index in [2.05, 4.69) is 22.7 Å². The molecule has 2 heterocycles. The summed E-state index contributed by atoms with van der Waals surface area (Å²) < 4.78 is 1.83. The van der Waals surface area contributed by atoms with Crippen LogP contribution < -0.4 is 10.6 Å². The van der Waals surface area contributed by atoms with Gasteiger partial charge in [-0.05, 0) is 32.7 Å². The second kappa shape index (κ2) is 5.10. The van der Waals surface area contributed by atoms with Gasteiger partial charge in [0, 0.05) is 18.3 Å². The minimum Gasteiger partial charge on any atom is -0.348 e. The Kier molecular flexibility index (Phi) is 3.71. The number of nitrogens with zero attached hydrogens (tertiary/aromatic N) is 2. The lowest BCUT2D eigenvalue weighted by molar-refractivity contribution is -0.124. The van der Waals surface area contributed by atoms with Gasteiger partial charge in [-0.15, -0.1) is 0 Å². The summed E-state index contributed by atoms with van der Waals surface area (Å²) in [5.74, 6) is 0.503. The minimum atomic E-state index is -0.0515. The molecular formula is C13H22N4O. The number of hydrogen-bond acceptors (Lipinski definition) is 3. The fraction of sp³-hybridized carbons (Fsp3) is 0.692. The minimum absolute atomic E-state index is 0.000741. The average molecular weight is 250 g/mol. The third kappa shape index (κ3) is 2.41. The van der Waals surface area contributed by atoms with E-state index in [0.717, 1.165) is 24.2 Å². The zero-order chi connectivity index (χ0) is 13.3. The molecule has 5 heteroatoms. The van der Waals surface area contributed by atoms with E-state index in [9.17, 15) is 4.79 Å². The number of aromatic nitrogens is 2. The maximum Gasteiger partial charge on any atom is 0.237 e. The Labute approximate surface area is 108 Å². The highest BCUT2D eigenvalue weighted by atomic mass is 16.2. The SMILES string of the molecule is Cc1c(C(C)NC(=O)C2NCCC2C)cnn1C. The Balaban J connectivity index is 2.01. The molecule has 2 rings (SSSR count). The van der Waals surface area contributed by atoms with Crippen LogP contribution in [0.1, 0.15) is 37.6 Å². The Hall–Kier alpha value is -1.36. The van der Waals surface area contributed by atoms with Crippen molar-refractivity contribution in [2.45, 2.75) is 39.3 Å². The molecule has 1 fully saturated rings. The summed E-state index contributed by atoms with van der Waals surface area (Å²) in [6.45, 7) is 7.06. The first-order valence-corrected chi connectivity index (χ1v) is 6.53. The first-order valence-electron chi connectivity index (χ1n) is 6.53. The number of hydrogen-bond donors (Lipinski definition) is 2. The van der Waals surface area contributed by atoms with E-state index in [-0.39, 0.29) is 18.0 Å². The van der Waals surface area contributed by atoms with Crippen molar-refractivity contribution >= 4 is 5.91 Å². The third-order valence-electron chi connectivity index (χ3n) is 3.91. The highest BCUT2D eigenvalue weighted by Gasteiger charge is 2.30. The molecule has 1 aliphatic rings. The summed E-state index contributed by atoms with van der Waals surface area (Å²) in [7, 11) is 1.91. The molecule has 0 aliphatic carbocycles. The predicted molar refractivity (Wildman–Crippen MR) is 70.1 cm³/mol. The van der Waals surface area contributed by atoms with Gasteiger partial charge in [-0.3, -0.25) is 9.48 Å². The first kappa shape index (κ1) is 13.1. The van der Waals surface area contributed by atoms with E-state index < -0.39 is 0 Å². The van der Waals surface area contributed by atoms with Gasteiger partial charge >= 0.3 is 0 Å². The van der Waals surface area contributed by atoms with Crippen LogP contribution in [0.15, 0.2) is 6.20 Å². The van der Waals surface area contributed by atoms with Gasteiger partial charge in [-0.25, -0.2) is 0 Å². The second-order valence-corrected chi connectivity index (χ2v) is 5.24. The predicted octanol–water partition coefficient (Wildman–Crippen LogP) is 0.904. The summed E-state index contributed by atoms with van der Waals surface area (Å²) in [5.41, 5.74) is 2.17. The lowest BCUT2D eigenvalue weighted by Crippen LogP contribution is -2.44. The van der Waals surface area contributed by atoms with Crippen molar-refractivity contribution in [1.29, 1.82) is 0 Å². The van der Waals surface area contributed by atoms with Crippen LogP contribution in [0.3, 0.4) is 0 Å². The Bertz CT molecular complexity index is 440. The van der Waals surface area contributed by atoms with E-state index in [0.29, 0.717) is 5.92 Å². The van der Waals surface area contributed by atoms with Crippen molar-refractivity contribution in [2.24, 2.45) is 13.0 Å². The summed E-state index contributed by atoms with van der Waals surface area (Å²) in [4.78, 5) is 12.2. The molecule has 100 valence electrons. The van der Waals surface area contributed by atoms with Crippen LogP contribution in [0.4, 0.5) is 0 Å². The third-order valence-corrected chi connectivity index (χ3v) is 3.91. The molecule has 0 aromatic carbocycles. The van der Waals surface area contributed by atoms with Crippen molar-refractivity contribution in [3.05, 3.63) is 17.5 Å². The zero-order valence-corrected chi connectivity index (χ0v) is 11.5. The number of carbonyl (C=O) groups is 1. The van der Waals surface area contributed by atoms with Crippen LogP contribution in [-0.4, -0.2) is 28.3 Å². The van der Waals surface area contributed by atoms with Crippen LogP contribution >= 0.6 is 0 Å². The summed E-state index contributed by atoms with van der Waals surface area (Å²) in [6.07, 6.45) is 2.89. The van der Waals surface area contributed by atoms with Crippen molar-refractivity contribution in [2.75, 3.05) is 6.54 Å². The van der Waals surface area contributed by atoms with E-state index in [1.54, 1.807) is 0 Å². The molecule has 0 bridgehead atoms. The monoisotopic (exact) mass is 250 g/mol.